The molecule has 0 spiro atoms. The molecular formula is C10H20O2. The lowest BCUT2D eigenvalue weighted by molar-refractivity contribution is -0.107. The second-order valence-corrected chi connectivity index (χ2v) is 2.46. The van der Waals surface area contributed by atoms with Crippen LogP contribution in [0, 0.1) is 0 Å². The highest BCUT2D eigenvalue weighted by molar-refractivity contribution is 5.48. The highest BCUT2D eigenvalue weighted by Gasteiger charge is 1.75. The van der Waals surface area contributed by atoms with Crippen molar-refractivity contribution in [2.75, 3.05) is 6.61 Å². The number of aliphatic hydroxyl groups excluding tert-OH is 1. The van der Waals surface area contributed by atoms with Gasteiger partial charge in [-0.05, 0) is 19.3 Å². The first kappa shape index (κ1) is 13.9. The molecule has 0 heterocycles. The lowest BCUT2D eigenvalue weighted by Gasteiger charge is -1.81. The summed E-state index contributed by atoms with van der Waals surface area (Å²) in [6.45, 7) is 5.84. The molecule has 0 amide bonds. The van der Waals surface area contributed by atoms with E-state index in [1.807, 2.05) is 0 Å². The van der Waals surface area contributed by atoms with Crippen LogP contribution >= 0.6 is 0 Å². The van der Waals surface area contributed by atoms with Gasteiger partial charge < -0.3 is 9.90 Å². The Morgan fingerprint density at radius 3 is 2.17 bits per heavy atom. The average Bonchev–Trinajstić information content (AvgIpc) is 2.12. The van der Waals surface area contributed by atoms with Crippen LogP contribution in [-0.2, 0) is 4.79 Å². The molecule has 2 heteroatoms. The third-order valence-corrected chi connectivity index (χ3v) is 1.24. The molecule has 0 rings (SSSR count). The molecule has 2 nitrogen and oxygen atoms in total. The molecular weight excluding hydrogens is 152 g/mol. The molecule has 12 heavy (non-hydrogen) atoms. The van der Waals surface area contributed by atoms with E-state index >= 15 is 0 Å². The lowest BCUT2D eigenvalue weighted by atomic mass is 10.3. The van der Waals surface area contributed by atoms with Crippen LogP contribution in [0.25, 0.3) is 0 Å². The number of aldehydes is 1. The zero-order chi connectivity index (χ0) is 9.66. The Kier molecular flexibility index (Phi) is 19.5. The maximum Gasteiger partial charge on any atom is 0.119 e. The van der Waals surface area contributed by atoms with E-state index in [1.165, 1.54) is 0 Å². The topological polar surface area (TPSA) is 37.3 Å². The molecule has 0 atom stereocenters. The van der Waals surface area contributed by atoms with Crippen LogP contribution in [0.4, 0.5) is 0 Å². The van der Waals surface area contributed by atoms with Gasteiger partial charge in [0.05, 0.1) is 0 Å². The monoisotopic (exact) mass is 172 g/mol. The van der Waals surface area contributed by atoms with E-state index in [0.29, 0.717) is 0 Å². The summed E-state index contributed by atoms with van der Waals surface area (Å²) in [6.07, 6.45) is 7.44. The van der Waals surface area contributed by atoms with E-state index in [1.54, 1.807) is 6.08 Å². The Balaban J connectivity index is 0. The molecule has 0 aliphatic carbocycles. The molecule has 0 aliphatic heterocycles. The molecule has 0 aromatic heterocycles. The average molecular weight is 172 g/mol. The second kappa shape index (κ2) is 16.8. The van der Waals surface area contributed by atoms with E-state index < -0.39 is 0 Å². The van der Waals surface area contributed by atoms with Gasteiger partial charge in [0.25, 0.3) is 0 Å². The lowest BCUT2D eigenvalue weighted by Crippen LogP contribution is -1.76. The van der Waals surface area contributed by atoms with E-state index in [0.717, 1.165) is 38.4 Å². The number of carbonyl (C=O) groups excluding carboxylic acids is 1. The first-order valence-electron chi connectivity index (χ1n) is 4.48. The predicted molar refractivity (Wildman–Crippen MR) is 52.1 cm³/mol. The van der Waals surface area contributed by atoms with Gasteiger partial charge in [-0.3, -0.25) is 0 Å². The normalized spacial score (nSPS) is 8.17. The molecule has 72 valence electrons. The summed E-state index contributed by atoms with van der Waals surface area (Å²) in [4.78, 5) is 9.56. The van der Waals surface area contributed by atoms with Gasteiger partial charge in [-0.25, -0.2) is 0 Å². The number of unbranched alkanes of at least 4 members (excludes halogenated alkanes) is 3. The third-order valence-electron chi connectivity index (χ3n) is 1.24. The molecule has 0 aromatic rings. The van der Waals surface area contributed by atoms with Crippen LogP contribution in [0.15, 0.2) is 12.7 Å². The molecule has 1 N–H and O–H groups in total. The summed E-state index contributed by atoms with van der Waals surface area (Å²) in [7, 11) is 0. The fraction of sp³-hybridized carbons (Fsp3) is 0.700. The Hall–Kier alpha value is -0.630. The van der Waals surface area contributed by atoms with Crippen molar-refractivity contribution < 1.29 is 9.90 Å². The first-order valence-corrected chi connectivity index (χ1v) is 4.48. The standard InChI is InChI=1S/2C5H10O/c2*1-2-3-4-5-6/h5H,2-4H2,1H3;2,6H,1,3-5H2. The summed E-state index contributed by atoms with van der Waals surface area (Å²) in [5.74, 6) is 0. The van der Waals surface area contributed by atoms with Gasteiger partial charge in [0.2, 0.25) is 0 Å². The summed E-state index contributed by atoms with van der Waals surface area (Å²) in [6, 6.07) is 0. The van der Waals surface area contributed by atoms with Gasteiger partial charge >= 0.3 is 0 Å². The SMILES string of the molecule is C=CCCCO.CCCCC=O. The number of allylic oxidation sites excluding steroid dienone is 1. The minimum Gasteiger partial charge on any atom is -0.396 e. The van der Waals surface area contributed by atoms with E-state index in [9.17, 15) is 4.79 Å². The van der Waals surface area contributed by atoms with Gasteiger partial charge in [-0.1, -0.05) is 19.4 Å². The number of aliphatic hydroxyl groups is 1. The van der Waals surface area contributed by atoms with Gasteiger partial charge in [0, 0.05) is 13.0 Å². The highest BCUT2D eigenvalue weighted by Crippen LogP contribution is 1.87. The highest BCUT2D eigenvalue weighted by atomic mass is 16.2. The molecule has 0 aromatic carbocycles. The van der Waals surface area contributed by atoms with Crippen LogP contribution < -0.4 is 0 Å². The molecule has 0 fully saturated rings. The van der Waals surface area contributed by atoms with E-state index in [-0.39, 0.29) is 6.61 Å². The second-order valence-electron chi connectivity index (χ2n) is 2.46. The van der Waals surface area contributed by atoms with E-state index in [2.05, 4.69) is 13.5 Å². The van der Waals surface area contributed by atoms with Crippen molar-refractivity contribution in [1.29, 1.82) is 0 Å². The van der Waals surface area contributed by atoms with Crippen molar-refractivity contribution in [1.82, 2.24) is 0 Å². The Morgan fingerprint density at radius 1 is 1.33 bits per heavy atom. The summed E-state index contributed by atoms with van der Waals surface area (Å²) >= 11 is 0. The molecule has 0 saturated heterocycles. The smallest absolute Gasteiger partial charge is 0.119 e. The van der Waals surface area contributed by atoms with Crippen molar-refractivity contribution in [3.05, 3.63) is 12.7 Å². The number of rotatable bonds is 6. The van der Waals surface area contributed by atoms with Crippen LogP contribution in [0.5, 0.6) is 0 Å². The largest absolute Gasteiger partial charge is 0.396 e. The van der Waals surface area contributed by atoms with E-state index in [4.69, 9.17) is 5.11 Å². The zero-order valence-electron chi connectivity index (χ0n) is 7.96. The fourth-order valence-corrected chi connectivity index (χ4v) is 0.523. The van der Waals surface area contributed by atoms with Crippen LogP contribution in [-0.4, -0.2) is 18.0 Å². The molecule has 0 bridgehead atoms. The minimum atomic E-state index is 0.284. The summed E-state index contributed by atoms with van der Waals surface area (Å²) in [5, 5.41) is 8.15. The minimum absolute atomic E-state index is 0.284. The maximum absolute atomic E-state index is 9.56. The van der Waals surface area contributed by atoms with Crippen molar-refractivity contribution >= 4 is 6.29 Å². The van der Waals surface area contributed by atoms with Crippen LogP contribution in [0.3, 0.4) is 0 Å². The molecule has 0 unspecified atom stereocenters. The fourth-order valence-electron chi connectivity index (χ4n) is 0.523. The van der Waals surface area contributed by atoms with Gasteiger partial charge in [0.1, 0.15) is 6.29 Å². The third kappa shape index (κ3) is 22.8. The Bertz CT molecular complexity index is 77.8. The van der Waals surface area contributed by atoms with Crippen LogP contribution in [0.2, 0.25) is 0 Å². The summed E-state index contributed by atoms with van der Waals surface area (Å²) in [5.41, 5.74) is 0. The maximum atomic E-state index is 9.56. The quantitative estimate of drug-likeness (QED) is 0.379. The zero-order valence-corrected chi connectivity index (χ0v) is 7.96. The number of hydrogen-bond acceptors (Lipinski definition) is 2. The van der Waals surface area contributed by atoms with Gasteiger partial charge in [0.15, 0.2) is 0 Å². The van der Waals surface area contributed by atoms with Crippen molar-refractivity contribution in [2.45, 2.75) is 39.0 Å². The summed E-state index contributed by atoms with van der Waals surface area (Å²) < 4.78 is 0. The van der Waals surface area contributed by atoms with Crippen molar-refractivity contribution in [2.24, 2.45) is 0 Å². The van der Waals surface area contributed by atoms with Crippen molar-refractivity contribution in [3.63, 3.8) is 0 Å². The van der Waals surface area contributed by atoms with Crippen molar-refractivity contribution in [3.8, 4) is 0 Å². The Labute approximate surface area is 75.3 Å². The van der Waals surface area contributed by atoms with Gasteiger partial charge in [-0.15, -0.1) is 6.58 Å². The molecule has 0 aliphatic rings. The molecule has 0 saturated carbocycles. The van der Waals surface area contributed by atoms with Crippen LogP contribution in [0.1, 0.15) is 39.0 Å². The number of hydrogen-bond donors (Lipinski definition) is 1. The number of carbonyl (C=O) groups is 1. The first-order chi connectivity index (χ1) is 5.83. The van der Waals surface area contributed by atoms with Gasteiger partial charge in [-0.2, -0.15) is 0 Å². The Morgan fingerprint density at radius 2 is 2.00 bits per heavy atom. The molecule has 0 radical (unpaired) electrons. The predicted octanol–water partition coefficient (Wildman–Crippen LogP) is 2.32.